The number of fused-ring (bicyclic) bond motifs is 1. The lowest BCUT2D eigenvalue weighted by atomic mass is 10.1. The Morgan fingerprint density at radius 3 is 2.31 bits per heavy atom. The van der Waals surface area contributed by atoms with E-state index in [0.717, 1.165) is 50.6 Å². The standard InChI is InChI=1S/C29H30N2O4/c1-33-24-9-7-23(8-10-24)27-21-35-28-19-25(11-12-26(28)29(27)32)34-18-17-30-13-15-31(16-14-30)20-22-5-3-2-4-6-22/h2-12,19,21H,13-18,20H2,1H3. The van der Waals surface area contributed by atoms with Crippen molar-refractivity contribution in [3.05, 3.63) is 94.8 Å². The summed E-state index contributed by atoms with van der Waals surface area (Å²) in [4.78, 5) is 17.9. The lowest BCUT2D eigenvalue weighted by Gasteiger charge is -2.34. The Morgan fingerprint density at radius 2 is 1.57 bits per heavy atom. The fraction of sp³-hybridized carbons (Fsp3) is 0.276. The van der Waals surface area contributed by atoms with Gasteiger partial charge in [-0.25, -0.2) is 0 Å². The molecule has 1 saturated heterocycles. The van der Waals surface area contributed by atoms with Gasteiger partial charge in [-0.2, -0.15) is 0 Å². The van der Waals surface area contributed by atoms with Gasteiger partial charge >= 0.3 is 0 Å². The molecular weight excluding hydrogens is 440 g/mol. The van der Waals surface area contributed by atoms with Crippen molar-refractivity contribution >= 4 is 11.0 Å². The third kappa shape index (κ3) is 5.56. The molecule has 0 atom stereocenters. The maximum absolute atomic E-state index is 13.0. The molecule has 0 spiro atoms. The zero-order valence-electron chi connectivity index (χ0n) is 20.0. The van der Waals surface area contributed by atoms with E-state index in [1.54, 1.807) is 19.2 Å². The van der Waals surface area contributed by atoms with Gasteiger partial charge in [-0.15, -0.1) is 0 Å². The summed E-state index contributed by atoms with van der Waals surface area (Å²) in [5.41, 5.74) is 3.16. The van der Waals surface area contributed by atoms with Crippen molar-refractivity contribution in [1.29, 1.82) is 0 Å². The second-order valence-corrected chi connectivity index (χ2v) is 8.82. The summed E-state index contributed by atoms with van der Waals surface area (Å²) in [6.45, 7) is 6.68. The molecule has 0 saturated carbocycles. The minimum absolute atomic E-state index is 0.0589. The predicted octanol–water partition coefficient (Wildman–Crippen LogP) is 4.67. The summed E-state index contributed by atoms with van der Waals surface area (Å²) in [5.74, 6) is 1.45. The largest absolute Gasteiger partial charge is 0.497 e. The molecule has 3 aromatic carbocycles. The van der Waals surface area contributed by atoms with E-state index < -0.39 is 0 Å². The molecular formula is C29H30N2O4. The van der Waals surface area contributed by atoms with Crippen LogP contribution in [0.3, 0.4) is 0 Å². The van der Waals surface area contributed by atoms with Gasteiger partial charge < -0.3 is 13.9 Å². The number of benzene rings is 3. The number of hydrogen-bond donors (Lipinski definition) is 0. The van der Waals surface area contributed by atoms with Crippen LogP contribution < -0.4 is 14.9 Å². The first-order chi connectivity index (χ1) is 17.2. The van der Waals surface area contributed by atoms with Crippen LogP contribution in [0, 0.1) is 0 Å². The highest BCUT2D eigenvalue weighted by molar-refractivity contribution is 5.82. The Kier molecular flexibility index (Phi) is 7.12. The van der Waals surface area contributed by atoms with E-state index in [9.17, 15) is 4.79 Å². The van der Waals surface area contributed by atoms with Crippen LogP contribution in [0.5, 0.6) is 11.5 Å². The number of nitrogens with zero attached hydrogens (tertiary/aromatic N) is 2. The van der Waals surface area contributed by atoms with Crippen molar-refractivity contribution in [2.45, 2.75) is 6.54 Å². The average Bonchev–Trinajstić information content (AvgIpc) is 2.91. The molecule has 1 aliphatic heterocycles. The quantitative estimate of drug-likeness (QED) is 0.373. The minimum atomic E-state index is -0.0589. The van der Waals surface area contributed by atoms with Gasteiger partial charge in [0.2, 0.25) is 0 Å². The molecule has 1 aromatic heterocycles. The average molecular weight is 471 g/mol. The van der Waals surface area contributed by atoms with Gasteiger partial charge in [0.15, 0.2) is 5.43 Å². The van der Waals surface area contributed by atoms with Gasteiger partial charge in [-0.1, -0.05) is 42.5 Å². The van der Waals surface area contributed by atoms with E-state index in [-0.39, 0.29) is 5.43 Å². The smallest absolute Gasteiger partial charge is 0.200 e. The van der Waals surface area contributed by atoms with Crippen LogP contribution in [0.25, 0.3) is 22.1 Å². The van der Waals surface area contributed by atoms with Crippen LogP contribution in [0.1, 0.15) is 5.56 Å². The first-order valence-corrected chi connectivity index (χ1v) is 12.0. The molecule has 6 heteroatoms. The van der Waals surface area contributed by atoms with E-state index in [1.165, 1.54) is 11.8 Å². The van der Waals surface area contributed by atoms with Crippen molar-refractivity contribution in [1.82, 2.24) is 9.80 Å². The molecule has 6 nitrogen and oxygen atoms in total. The molecule has 0 unspecified atom stereocenters. The summed E-state index contributed by atoms with van der Waals surface area (Å²) in [7, 11) is 1.62. The second kappa shape index (κ2) is 10.8. The molecule has 0 amide bonds. The van der Waals surface area contributed by atoms with Crippen molar-refractivity contribution in [3.63, 3.8) is 0 Å². The number of hydrogen-bond acceptors (Lipinski definition) is 6. The number of rotatable bonds is 8. The second-order valence-electron chi connectivity index (χ2n) is 8.82. The van der Waals surface area contributed by atoms with Crippen LogP contribution >= 0.6 is 0 Å². The van der Waals surface area contributed by atoms with Crippen LogP contribution in [-0.2, 0) is 6.54 Å². The van der Waals surface area contributed by atoms with Gasteiger partial charge in [0.25, 0.3) is 0 Å². The summed E-state index contributed by atoms with van der Waals surface area (Å²) in [5, 5.41) is 0.542. The van der Waals surface area contributed by atoms with Crippen molar-refractivity contribution in [2.75, 3.05) is 46.4 Å². The van der Waals surface area contributed by atoms with E-state index in [1.807, 2.05) is 30.3 Å². The van der Waals surface area contributed by atoms with E-state index in [2.05, 4.69) is 40.1 Å². The molecule has 0 bridgehead atoms. The van der Waals surface area contributed by atoms with E-state index >= 15 is 0 Å². The van der Waals surface area contributed by atoms with E-state index in [0.29, 0.717) is 28.9 Å². The van der Waals surface area contributed by atoms with Gasteiger partial charge in [-0.05, 0) is 35.4 Å². The Morgan fingerprint density at radius 1 is 0.857 bits per heavy atom. The molecule has 35 heavy (non-hydrogen) atoms. The predicted molar refractivity (Wildman–Crippen MR) is 138 cm³/mol. The molecule has 4 aromatic rings. The van der Waals surface area contributed by atoms with Crippen LogP contribution in [0.15, 0.2) is 88.3 Å². The summed E-state index contributed by atoms with van der Waals surface area (Å²) in [6, 6.07) is 23.4. The maximum atomic E-state index is 13.0. The zero-order chi connectivity index (χ0) is 24.0. The molecule has 1 fully saturated rings. The highest BCUT2D eigenvalue weighted by atomic mass is 16.5. The Bertz CT molecular complexity index is 1310. The molecule has 2 heterocycles. The van der Waals surface area contributed by atoms with Gasteiger partial charge in [0.1, 0.15) is 30.0 Å². The van der Waals surface area contributed by atoms with Gasteiger partial charge in [0, 0.05) is 45.3 Å². The third-order valence-electron chi connectivity index (χ3n) is 6.54. The van der Waals surface area contributed by atoms with Crippen LogP contribution in [0.4, 0.5) is 0 Å². The summed E-state index contributed by atoms with van der Waals surface area (Å²) < 4.78 is 17.0. The molecule has 0 aliphatic carbocycles. The fourth-order valence-corrected chi connectivity index (χ4v) is 4.47. The molecule has 180 valence electrons. The number of piperazine rings is 1. The molecule has 1 aliphatic rings. The van der Waals surface area contributed by atoms with E-state index in [4.69, 9.17) is 13.9 Å². The monoisotopic (exact) mass is 470 g/mol. The topological polar surface area (TPSA) is 55.2 Å². The van der Waals surface area contributed by atoms with Crippen LogP contribution in [-0.4, -0.2) is 56.2 Å². The maximum Gasteiger partial charge on any atom is 0.200 e. The SMILES string of the molecule is COc1ccc(-c2coc3cc(OCCN4CCN(Cc5ccccc5)CC4)ccc3c2=O)cc1. The lowest BCUT2D eigenvalue weighted by molar-refractivity contribution is 0.112. The fourth-order valence-electron chi connectivity index (χ4n) is 4.47. The Labute approximate surface area is 205 Å². The number of methoxy groups -OCH3 is 1. The van der Waals surface area contributed by atoms with Crippen LogP contribution in [0.2, 0.25) is 0 Å². The highest BCUT2D eigenvalue weighted by Gasteiger charge is 2.17. The first-order valence-electron chi connectivity index (χ1n) is 12.0. The first kappa shape index (κ1) is 23.1. The summed E-state index contributed by atoms with van der Waals surface area (Å²) >= 11 is 0. The summed E-state index contributed by atoms with van der Waals surface area (Å²) in [6.07, 6.45) is 1.52. The van der Waals surface area contributed by atoms with Crippen molar-refractivity contribution in [2.24, 2.45) is 0 Å². The van der Waals surface area contributed by atoms with Gasteiger partial charge in [-0.3, -0.25) is 14.6 Å². The third-order valence-corrected chi connectivity index (χ3v) is 6.54. The highest BCUT2D eigenvalue weighted by Crippen LogP contribution is 2.24. The van der Waals surface area contributed by atoms with Crippen molar-refractivity contribution < 1.29 is 13.9 Å². The lowest BCUT2D eigenvalue weighted by Crippen LogP contribution is -2.47. The minimum Gasteiger partial charge on any atom is -0.497 e. The molecule has 0 radical (unpaired) electrons. The van der Waals surface area contributed by atoms with Gasteiger partial charge in [0.05, 0.1) is 18.1 Å². The normalized spacial score (nSPS) is 14.8. The Hall–Kier alpha value is -3.61. The van der Waals surface area contributed by atoms with Crippen molar-refractivity contribution in [3.8, 4) is 22.6 Å². The number of ether oxygens (including phenoxy) is 2. The molecule has 5 rings (SSSR count). The zero-order valence-corrected chi connectivity index (χ0v) is 20.0. The Balaban J connectivity index is 1.15. The molecule has 0 N–H and O–H groups in total.